The predicted molar refractivity (Wildman–Crippen MR) is 114 cm³/mol. The van der Waals surface area contributed by atoms with Gasteiger partial charge in [0.2, 0.25) is 0 Å². The van der Waals surface area contributed by atoms with Crippen LogP contribution in [-0.2, 0) is 4.79 Å². The molecule has 6 nitrogen and oxygen atoms in total. The van der Waals surface area contributed by atoms with E-state index in [0.717, 1.165) is 22.3 Å². The van der Waals surface area contributed by atoms with E-state index in [-0.39, 0.29) is 11.1 Å². The fourth-order valence-electron chi connectivity index (χ4n) is 3.08. The lowest BCUT2D eigenvalue weighted by Gasteiger charge is -2.08. The highest BCUT2D eigenvalue weighted by Gasteiger charge is 2.14. The number of aryl methyl sites for hydroxylation is 3. The molecule has 1 heterocycles. The minimum absolute atomic E-state index is 0.0891. The van der Waals surface area contributed by atoms with Crippen molar-refractivity contribution in [2.24, 2.45) is 0 Å². The number of nitrogens with zero attached hydrogens (tertiary/aromatic N) is 1. The highest BCUT2D eigenvalue weighted by atomic mass is 16.4. The second-order valence-corrected chi connectivity index (χ2v) is 6.98. The number of carboxylic acids is 1. The van der Waals surface area contributed by atoms with Crippen molar-refractivity contribution >= 4 is 23.6 Å². The number of carbonyl (C=O) groups excluding carboxylic acids is 1. The molecule has 150 valence electrons. The van der Waals surface area contributed by atoms with Crippen LogP contribution in [0, 0.1) is 32.1 Å². The van der Waals surface area contributed by atoms with Crippen molar-refractivity contribution in [1.29, 1.82) is 5.26 Å². The maximum absolute atomic E-state index is 12.5. The van der Waals surface area contributed by atoms with Gasteiger partial charge in [0.15, 0.2) is 0 Å². The summed E-state index contributed by atoms with van der Waals surface area (Å²) in [5, 5.41) is 21.3. The Morgan fingerprint density at radius 3 is 2.43 bits per heavy atom. The molecule has 3 aromatic rings. The molecule has 0 aliphatic heterocycles. The largest absolute Gasteiger partial charge is 0.478 e. The van der Waals surface area contributed by atoms with Crippen LogP contribution in [-0.4, -0.2) is 17.0 Å². The first-order valence-electron chi connectivity index (χ1n) is 9.23. The zero-order valence-electron chi connectivity index (χ0n) is 16.8. The number of hydrogen-bond donors (Lipinski definition) is 2. The summed E-state index contributed by atoms with van der Waals surface area (Å²) in [6, 6.07) is 15.6. The van der Waals surface area contributed by atoms with E-state index < -0.39 is 11.9 Å². The third-order valence-electron chi connectivity index (χ3n) is 4.65. The number of anilines is 1. The number of carbonyl (C=O) groups is 2. The Hall–Kier alpha value is -4.11. The van der Waals surface area contributed by atoms with Gasteiger partial charge < -0.3 is 14.8 Å². The molecule has 0 fully saturated rings. The lowest BCUT2D eigenvalue weighted by molar-refractivity contribution is -0.112. The molecular formula is C24H20N2O4. The van der Waals surface area contributed by atoms with Crippen molar-refractivity contribution in [3.63, 3.8) is 0 Å². The van der Waals surface area contributed by atoms with E-state index in [1.54, 1.807) is 37.3 Å². The van der Waals surface area contributed by atoms with Crippen molar-refractivity contribution < 1.29 is 19.1 Å². The number of carboxylic acid groups (broad SMARTS) is 1. The molecule has 0 unspecified atom stereocenters. The van der Waals surface area contributed by atoms with Crippen LogP contribution in [0.3, 0.4) is 0 Å². The summed E-state index contributed by atoms with van der Waals surface area (Å²) in [7, 11) is 0. The maximum Gasteiger partial charge on any atom is 0.335 e. The van der Waals surface area contributed by atoms with Gasteiger partial charge in [0, 0.05) is 17.3 Å². The molecule has 0 saturated heterocycles. The lowest BCUT2D eigenvalue weighted by Crippen LogP contribution is -2.14. The summed E-state index contributed by atoms with van der Waals surface area (Å²) in [6.45, 7) is 5.64. The van der Waals surface area contributed by atoms with Crippen molar-refractivity contribution in [2.75, 3.05) is 5.32 Å². The Bertz CT molecular complexity index is 1210. The van der Waals surface area contributed by atoms with Gasteiger partial charge in [-0.2, -0.15) is 5.26 Å². The van der Waals surface area contributed by atoms with Crippen LogP contribution in [0.2, 0.25) is 0 Å². The molecule has 30 heavy (non-hydrogen) atoms. The molecule has 0 atom stereocenters. The SMILES string of the molecule is Cc1ccc(NC(=O)/C(C#N)=C\c2ccc(-c3ccc(C(=O)O)cc3C)o2)c(C)c1. The van der Waals surface area contributed by atoms with E-state index in [0.29, 0.717) is 17.2 Å². The molecule has 1 amide bonds. The summed E-state index contributed by atoms with van der Waals surface area (Å²) >= 11 is 0. The molecule has 0 aliphatic carbocycles. The van der Waals surface area contributed by atoms with Gasteiger partial charge in [-0.15, -0.1) is 0 Å². The van der Waals surface area contributed by atoms with Crippen molar-refractivity contribution in [1.82, 2.24) is 0 Å². The molecule has 1 aromatic heterocycles. The molecule has 0 saturated carbocycles. The quantitative estimate of drug-likeness (QED) is 0.457. The second kappa shape index (κ2) is 8.50. The van der Waals surface area contributed by atoms with Crippen LogP contribution in [0.4, 0.5) is 5.69 Å². The zero-order chi connectivity index (χ0) is 21.8. The molecule has 0 spiro atoms. The van der Waals surface area contributed by atoms with Gasteiger partial charge in [0.1, 0.15) is 23.2 Å². The van der Waals surface area contributed by atoms with Gasteiger partial charge in [-0.1, -0.05) is 23.8 Å². The number of amides is 1. The standard InChI is InChI=1S/C24H20N2O4/c1-14-4-8-21(16(3)10-14)26-23(27)18(13-25)12-19-6-9-22(30-19)20-7-5-17(24(28)29)11-15(20)2/h4-12H,1-3H3,(H,26,27)(H,28,29)/b18-12-. The van der Waals surface area contributed by atoms with Crippen molar-refractivity contribution in [2.45, 2.75) is 20.8 Å². The molecular weight excluding hydrogens is 380 g/mol. The third-order valence-corrected chi connectivity index (χ3v) is 4.65. The minimum atomic E-state index is -0.999. The molecule has 2 N–H and O–H groups in total. The van der Waals surface area contributed by atoms with Gasteiger partial charge in [-0.25, -0.2) is 4.79 Å². The lowest BCUT2D eigenvalue weighted by atomic mass is 10.0. The second-order valence-electron chi connectivity index (χ2n) is 6.98. The van der Waals surface area contributed by atoms with E-state index >= 15 is 0 Å². The molecule has 0 aliphatic rings. The average molecular weight is 400 g/mol. The first-order chi connectivity index (χ1) is 14.3. The fraction of sp³-hybridized carbons (Fsp3) is 0.125. The van der Waals surface area contributed by atoms with Gasteiger partial charge in [-0.3, -0.25) is 4.79 Å². The molecule has 3 rings (SSSR count). The van der Waals surface area contributed by atoms with E-state index in [2.05, 4.69) is 5.32 Å². The van der Waals surface area contributed by atoms with E-state index in [4.69, 9.17) is 9.52 Å². The molecule has 0 radical (unpaired) electrons. The Morgan fingerprint density at radius 1 is 1.03 bits per heavy atom. The van der Waals surface area contributed by atoms with Crippen molar-refractivity contribution in [3.8, 4) is 17.4 Å². The van der Waals surface area contributed by atoms with Gasteiger partial charge in [-0.05, 0) is 62.2 Å². The number of nitrogens with one attached hydrogen (secondary N) is 1. The number of hydrogen-bond acceptors (Lipinski definition) is 4. The Labute approximate surface area is 174 Å². The number of rotatable bonds is 5. The third kappa shape index (κ3) is 4.47. The molecule has 6 heteroatoms. The van der Waals surface area contributed by atoms with Gasteiger partial charge in [0.25, 0.3) is 5.91 Å². The summed E-state index contributed by atoms with van der Waals surface area (Å²) in [6.07, 6.45) is 1.38. The van der Waals surface area contributed by atoms with Crippen LogP contribution in [0.5, 0.6) is 0 Å². The van der Waals surface area contributed by atoms with E-state index in [1.165, 1.54) is 12.1 Å². The fourth-order valence-corrected chi connectivity index (χ4v) is 3.08. The first kappa shape index (κ1) is 20.6. The number of furan rings is 1. The smallest absolute Gasteiger partial charge is 0.335 e. The van der Waals surface area contributed by atoms with Crippen LogP contribution in [0.25, 0.3) is 17.4 Å². The Kier molecular flexibility index (Phi) is 5.84. The minimum Gasteiger partial charge on any atom is -0.478 e. The highest BCUT2D eigenvalue weighted by molar-refractivity contribution is 6.09. The van der Waals surface area contributed by atoms with E-state index in [9.17, 15) is 14.9 Å². The average Bonchev–Trinajstić information content (AvgIpc) is 3.16. The monoisotopic (exact) mass is 400 g/mol. The zero-order valence-corrected chi connectivity index (χ0v) is 16.8. The summed E-state index contributed by atoms with van der Waals surface area (Å²) < 4.78 is 5.77. The Morgan fingerprint density at radius 2 is 1.80 bits per heavy atom. The topological polar surface area (TPSA) is 103 Å². The Balaban J connectivity index is 1.84. The van der Waals surface area contributed by atoms with Gasteiger partial charge >= 0.3 is 5.97 Å². The van der Waals surface area contributed by atoms with Crippen LogP contribution < -0.4 is 5.32 Å². The highest BCUT2D eigenvalue weighted by Crippen LogP contribution is 2.27. The van der Waals surface area contributed by atoms with Crippen LogP contribution in [0.1, 0.15) is 32.8 Å². The first-order valence-corrected chi connectivity index (χ1v) is 9.23. The molecule has 2 aromatic carbocycles. The summed E-state index contributed by atoms with van der Waals surface area (Å²) in [5.41, 5.74) is 4.20. The number of aromatic carboxylic acids is 1. The number of nitriles is 1. The number of benzene rings is 2. The normalized spacial score (nSPS) is 11.1. The maximum atomic E-state index is 12.5. The summed E-state index contributed by atoms with van der Waals surface area (Å²) in [5.74, 6) is -0.660. The van der Waals surface area contributed by atoms with Gasteiger partial charge in [0.05, 0.1) is 5.56 Å². The van der Waals surface area contributed by atoms with Crippen LogP contribution in [0.15, 0.2) is 58.5 Å². The predicted octanol–water partition coefficient (Wildman–Crippen LogP) is 5.12. The molecule has 0 bridgehead atoms. The van der Waals surface area contributed by atoms with E-state index in [1.807, 2.05) is 32.0 Å². The van der Waals surface area contributed by atoms with Crippen LogP contribution >= 0.6 is 0 Å². The van der Waals surface area contributed by atoms with Crippen molar-refractivity contribution in [3.05, 3.63) is 82.1 Å². The summed E-state index contributed by atoms with van der Waals surface area (Å²) in [4.78, 5) is 23.6.